The van der Waals surface area contributed by atoms with Gasteiger partial charge in [-0.25, -0.2) is 4.79 Å². The molecule has 192 valence electrons. The highest BCUT2D eigenvalue weighted by atomic mass is 35.5. The number of carbonyl (C=O) groups excluding carboxylic acids is 2. The summed E-state index contributed by atoms with van der Waals surface area (Å²) in [5.74, 6) is 0.779. The van der Waals surface area contributed by atoms with Crippen molar-refractivity contribution in [3.05, 3.63) is 51.1 Å². The maximum Gasteiger partial charge on any atom is 0.341 e. The Balaban J connectivity index is 1.42. The van der Waals surface area contributed by atoms with E-state index in [9.17, 15) is 9.59 Å². The van der Waals surface area contributed by atoms with Gasteiger partial charge in [-0.05, 0) is 57.2 Å². The number of amides is 1. The second-order valence-corrected chi connectivity index (χ2v) is 10.6. The molecule has 2 heterocycles. The van der Waals surface area contributed by atoms with E-state index in [0.29, 0.717) is 45.5 Å². The summed E-state index contributed by atoms with van der Waals surface area (Å²) in [6, 6.07) is 7.25. The maximum atomic E-state index is 12.9. The topological polar surface area (TPSA) is 95.3 Å². The molecule has 2 aromatic heterocycles. The van der Waals surface area contributed by atoms with Crippen molar-refractivity contribution in [3.8, 4) is 5.75 Å². The highest BCUT2D eigenvalue weighted by molar-refractivity contribution is 7.99. The van der Waals surface area contributed by atoms with Crippen LogP contribution >= 0.6 is 34.7 Å². The van der Waals surface area contributed by atoms with E-state index in [4.69, 9.17) is 21.1 Å². The van der Waals surface area contributed by atoms with Gasteiger partial charge < -0.3 is 19.4 Å². The van der Waals surface area contributed by atoms with Crippen LogP contribution in [0.25, 0.3) is 0 Å². The molecule has 11 heteroatoms. The van der Waals surface area contributed by atoms with Gasteiger partial charge in [0.25, 0.3) is 0 Å². The highest BCUT2D eigenvalue weighted by Gasteiger charge is 2.26. The molecule has 0 spiro atoms. The number of fused-ring (bicyclic) bond motifs is 1. The van der Waals surface area contributed by atoms with E-state index in [-0.39, 0.29) is 24.2 Å². The SMILES string of the molecule is CCOC(=O)c1c(NC(=O)CSc2nnc(COc3ccccc3Cl)n2CC)sc2c1CCCCC2. The van der Waals surface area contributed by atoms with Crippen molar-refractivity contribution in [3.63, 3.8) is 0 Å². The predicted octanol–water partition coefficient (Wildman–Crippen LogP) is 5.77. The number of nitrogens with zero attached hydrogens (tertiary/aromatic N) is 3. The molecule has 0 radical (unpaired) electrons. The van der Waals surface area contributed by atoms with Crippen LogP contribution in [0.2, 0.25) is 5.02 Å². The van der Waals surface area contributed by atoms with Crippen LogP contribution in [-0.2, 0) is 35.5 Å². The molecule has 36 heavy (non-hydrogen) atoms. The molecule has 4 rings (SSSR count). The first-order valence-corrected chi connectivity index (χ1v) is 14.2. The number of aromatic nitrogens is 3. The van der Waals surface area contributed by atoms with Crippen molar-refractivity contribution >= 4 is 51.6 Å². The normalized spacial score (nSPS) is 13.1. The van der Waals surface area contributed by atoms with Crippen molar-refractivity contribution in [1.29, 1.82) is 0 Å². The molecule has 1 amide bonds. The number of anilines is 1. The molecule has 0 unspecified atom stereocenters. The second kappa shape index (κ2) is 12.6. The quantitative estimate of drug-likeness (QED) is 0.195. The molecule has 1 N–H and O–H groups in total. The summed E-state index contributed by atoms with van der Waals surface area (Å²) in [7, 11) is 0. The van der Waals surface area contributed by atoms with Gasteiger partial charge in [0.2, 0.25) is 5.91 Å². The lowest BCUT2D eigenvalue weighted by atomic mass is 10.1. The minimum atomic E-state index is -0.367. The van der Waals surface area contributed by atoms with Gasteiger partial charge in [0.15, 0.2) is 11.0 Å². The Morgan fingerprint density at radius 1 is 1.17 bits per heavy atom. The van der Waals surface area contributed by atoms with E-state index >= 15 is 0 Å². The van der Waals surface area contributed by atoms with E-state index in [2.05, 4.69) is 15.5 Å². The Hall–Kier alpha value is -2.56. The molecular weight excluding hydrogens is 520 g/mol. The molecule has 0 saturated heterocycles. The number of halogens is 1. The van der Waals surface area contributed by atoms with E-state index in [1.165, 1.54) is 28.0 Å². The molecule has 0 aliphatic heterocycles. The number of nitrogens with one attached hydrogen (secondary N) is 1. The summed E-state index contributed by atoms with van der Waals surface area (Å²) in [6.07, 6.45) is 5.03. The molecule has 0 bridgehead atoms. The monoisotopic (exact) mass is 548 g/mol. The average molecular weight is 549 g/mol. The number of aryl methyl sites for hydroxylation is 1. The number of hydrogen-bond acceptors (Lipinski definition) is 8. The first-order chi connectivity index (χ1) is 17.5. The highest BCUT2D eigenvalue weighted by Crippen LogP contribution is 2.38. The number of thioether (sulfide) groups is 1. The van der Waals surface area contributed by atoms with Crippen LogP contribution in [-0.4, -0.2) is 39.0 Å². The van der Waals surface area contributed by atoms with Crippen LogP contribution in [0.5, 0.6) is 5.75 Å². The van der Waals surface area contributed by atoms with Crippen molar-refractivity contribution in [2.24, 2.45) is 0 Å². The molecule has 1 aliphatic carbocycles. The van der Waals surface area contributed by atoms with Gasteiger partial charge in [0.05, 0.1) is 22.9 Å². The second-order valence-electron chi connectivity index (χ2n) is 8.19. The van der Waals surface area contributed by atoms with E-state index in [1.807, 2.05) is 23.6 Å². The van der Waals surface area contributed by atoms with Crippen molar-refractivity contribution in [2.75, 3.05) is 17.7 Å². The largest absolute Gasteiger partial charge is 0.484 e. The van der Waals surface area contributed by atoms with E-state index in [0.717, 1.165) is 37.7 Å². The van der Waals surface area contributed by atoms with Gasteiger partial charge in [-0.15, -0.1) is 21.5 Å². The van der Waals surface area contributed by atoms with E-state index < -0.39 is 0 Å². The molecule has 0 fully saturated rings. The van der Waals surface area contributed by atoms with Gasteiger partial charge in [0, 0.05) is 11.4 Å². The number of benzene rings is 1. The lowest BCUT2D eigenvalue weighted by Crippen LogP contribution is -2.17. The Morgan fingerprint density at radius 3 is 2.75 bits per heavy atom. The number of esters is 1. The first-order valence-electron chi connectivity index (χ1n) is 12.1. The van der Waals surface area contributed by atoms with Crippen LogP contribution in [0.15, 0.2) is 29.4 Å². The van der Waals surface area contributed by atoms with Gasteiger partial charge in [-0.1, -0.05) is 41.9 Å². The molecule has 0 atom stereocenters. The number of rotatable bonds is 10. The zero-order valence-electron chi connectivity index (χ0n) is 20.3. The Kier molecular flexibility index (Phi) is 9.28. The summed E-state index contributed by atoms with van der Waals surface area (Å²) in [5, 5.41) is 13.2. The summed E-state index contributed by atoms with van der Waals surface area (Å²) < 4.78 is 13.0. The lowest BCUT2D eigenvalue weighted by Gasteiger charge is -2.10. The number of hydrogen-bond donors (Lipinski definition) is 1. The fraction of sp³-hybridized carbons (Fsp3) is 0.440. The Morgan fingerprint density at radius 2 is 1.97 bits per heavy atom. The first kappa shape index (κ1) is 26.5. The zero-order chi connectivity index (χ0) is 25.5. The smallest absolute Gasteiger partial charge is 0.341 e. The van der Waals surface area contributed by atoms with Crippen LogP contribution in [0.1, 0.15) is 59.7 Å². The summed E-state index contributed by atoms with van der Waals surface area (Å²) >= 11 is 8.95. The zero-order valence-corrected chi connectivity index (χ0v) is 22.7. The fourth-order valence-electron chi connectivity index (χ4n) is 4.10. The third-order valence-corrected chi connectivity index (χ3v) is 8.28. The fourth-order valence-corrected chi connectivity index (χ4v) is 6.40. The average Bonchev–Trinajstić information content (AvgIpc) is 3.34. The predicted molar refractivity (Wildman–Crippen MR) is 142 cm³/mol. The summed E-state index contributed by atoms with van der Waals surface area (Å²) in [4.78, 5) is 26.8. The Labute approximate surface area is 223 Å². The minimum Gasteiger partial charge on any atom is -0.484 e. The van der Waals surface area contributed by atoms with Crippen LogP contribution in [0, 0.1) is 0 Å². The number of thiophene rings is 1. The van der Waals surface area contributed by atoms with Crippen LogP contribution in [0.3, 0.4) is 0 Å². The van der Waals surface area contributed by atoms with Crippen LogP contribution in [0.4, 0.5) is 5.00 Å². The molecule has 0 saturated carbocycles. The maximum absolute atomic E-state index is 12.9. The molecular formula is C25H29ClN4O4S2. The molecule has 3 aromatic rings. The number of carbonyl (C=O) groups is 2. The molecule has 1 aromatic carbocycles. The molecule has 1 aliphatic rings. The van der Waals surface area contributed by atoms with Crippen LogP contribution < -0.4 is 10.1 Å². The van der Waals surface area contributed by atoms with Crippen molar-refractivity contribution < 1.29 is 19.1 Å². The third-order valence-electron chi connectivity index (χ3n) is 5.79. The molecule has 8 nitrogen and oxygen atoms in total. The summed E-state index contributed by atoms with van der Waals surface area (Å²) in [6.45, 7) is 4.90. The van der Waals surface area contributed by atoms with Crippen molar-refractivity contribution in [1.82, 2.24) is 14.8 Å². The Bertz CT molecular complexity index is 1230. The standard InChI is InChI=1S/C25H29ClN4O4S2/c1-3-30-20(14-34-18-12-9-8-11-17(18)26)28-29-25(30)35-15-21(31)27-23-22(24(32)33-4-2)16-10-6-5-7-13-19(16)36-23/h8-9,11-12H,3-7,10,13-15H2,1-2H3,(H,27,31). The lowest BCUT2D eigenvalue weighted by molar-refractivity contribution is -0.113. The van der Waals surface area contributed by atoms with Crippen molar-refractivity contribution in [2.45, 2.75) is 64.3 Å². The van der Waals surface area contributed by atoms with E-state index in [1.54, 1.807) is 19.1 Å². The van der Waals surface area contributed by atoms with Gasteiger partial charge in [-0.2, -0.15) is 0 Å². The number of ether oxygens (including phenoxy) is 2. The van der Waals surface area contributed by atoms with Gasteiger partial charge >= 0.3 is 5.97 Å². The third kappa shape index (κ3) is 6.22. The van der Waals surface area contributed by atoms with Gasteiger partial charge in [-0.3, -0.25) is 4.79 Å². The number of para-hydroxylation sites is 1. The summed E-state index contributed by atoms with van der Waals surface area (Å²) in [5.41, 5.74) is 1.56. The van der Waals surface area contributed by atoms with Gasteiger partial charge in [0.1, 0.15) is 17.4 Å². The minimum absolute atomic E-state index is 0.133.